The Labute approximate surface area is 127 Å². The molecule has 0 radical (unpaired) electrons. The number of carbonyl (C=O) groups excluding carboxylic acids is 2. The van der Waals surface area contributed by atoms with Gasteiger partial charge in [0.25, 0.3) is 11.5 Å². The van der Waals surface area contributed by atoms with Crippen LogP contribution >= 0.6 is 0 Å². The lowest BCUT2D eigenvalue weighted by atomic mass is 9.92. The van der Waals surface area contributed by atoms with Gasteiger partial charge in [-0.1, -0.05) is 0 Å². The van der Waals surface area contributed by atoms with Gasteiger partial charge in [0.15, 0.2) is 0 Å². The molecule has 1 aromatic rings. The second-order valence-electron chi connectivity index (χ2n) is 5.95. The van der Waals surface area contributed by atoms with E-state index in [-0.39, 0.29) is 17.6 Å². The number of amides is 2. The van der Waals surface area contributed by atoms with Crippen molar-refractivity contribution in [1.29, 1.82) is 0 Å². The maximum Gasteiger partial charge on any atom is 0.410 e. The molecule has 0 saturated carbocycles. The molecule has 8 nitrogen and oxygen atoms in total. The summed E-state index contributed by atoms with van der Waals surface area (Å²) in [5.74, 6) is 0.0847. The van der Waals surface area contributed by atoms with Crippen LogP contribution in [0.3, 0.4) is 0 Å². The first-order chi connectivity index (χ1) is 10.4. The number of nitrogens with zero attached hydrogens (tertiary/aromatic N) is 3. The van der Waals surface area contributed by atoms with E-state index in [1.807, 2.05) is 0 Å². The first-order valence-electron chi connectivity index (χ1n) is 7.19. The van der Waals surface area contributed by atoms with Crippen molar-refractivity contribution in [1.82, 2.24) is 19.8 Å². The fourth-order valence-electron chi connectivity index (χ4n) is 3.08. The average molecular weight is 306 g/mol. The van der Waals surface area contributed by atoms with E-state index in [0.29, 0.717) is 25.5 Å². The number of likely N-dealkylation sites (N-methyl/N-ethyl adjacent to an activating group) is 1. The highest BCUT2D eigenvalue weighted by atomic mass is 16.6. The minimum Gasteiger partial charge on any atom is -0.439 e. The Bertz CT molecular complexity index is 686. The van der Waals surface area contributed by atoms with Gasteiger partial charge in [-0.3, -0.25) is 9.59 Å². The van der Waals surface area contributed by atoms with Crippen molar-refractivity contribution in [3.05, 3.63) is 27.9 Å². The van der Waals surface area contributed by atoms with Crippen molar-refractivity contribution in [2.45, 2.75) is 25.4 Å². The number of rotatable bonds is 1. The van der Waals surface area contributed by atoms with Crippen LogP contribution in [0, 0.1) is 6.92 Å². The maximum atomic E-state index is 12.5. The van der Waals surface area contributed by atoms with Crippen LogP contribution in [0.15, 0.2) is 11.0 Å². The Balaban J connectivity index is 1.82. The molecule has 0 aliphatic carbocycles. The normalized spacial score (nSPS) is 24.7. The molecular formula is C14H18N4O4. The second kappa shape index (κ2) is 5.11. The number of H-pyrrole nitrogens is 1. The minimum atomic E-state index is -0.662. The predicted molar refractivity (Wildman–Crippen MR) is 76.6 cm³/mol. The lowest BCUT2D eigenvalue weighted by molar-refractivity contribution is -0.00529. The molecule has 1 atom stereocenters. The van der Waals surface area contributed by atoms with Gasteiger partial charge < -0.3 is 19.5 Å². The van der Waals surface area contributed by atoms with E-state index in [1.54, 1.807) is 18.9 Å². The average Bonchev–Trinajstić information content (AvgIpc) is 2.72. The molecule has 2 amide bonds. The van der Waals surface area contributed by atoms with Crippen LogP contribution in [0.4, 0.5) is 4.79 Å². The van der Waals surface area contributed by atoms with Crippen molar-refractivity contribution >= 4 is 12.0 Å². The topological polar surface area (TPSA) is 95.6 Å². The molecule has 2 aliphatic rings. The first-order valence-corrected chi connectivity index (χ1v) is 7.19. The number of likely N-dealkylation sites (tertiary alicyclic amines) is 1. The van der Waals surface area contributed by atoms with E-state index >= 15 is 0 Å². The first kappa shape index (κ1) is 14.6. The molecule has 118 valence electrons. The number of piperidine rings is 1. The van der Waals surface area contributed by atoms with E-state index in [2.05, 4.69) is 9.97 Å². The standard InChI is InChI=1S/C14H18N4O4/c1-9-15-6-10(11(19)16-9)12(20)18-5-3-4-14(8-18)7-17(2)13(21)22-14/h6H,3-5,7-8H2,1-2H3,(H,15,16,19)/t14-/m1/s1. The lowest BCUT2D eigenvalue weighted by Crippen LogP contribution is -2.53. The molecule has 8 heteroatoms. The molecule has 0 unspecified atom stereocenters. The van der Waals surface area contributed by atoms with Gasteiger partial charge in [-0.25, -0.2) is 9.78 Å². The van der Waals surface area contributed by atoms with E-state index in [4.69, 9.17) is 4.74 Å². The van der Waals surface area contributed by atoms with Crippen LogP contribution in [0.5, 0.6) is 0 Å². The van der Waals surface area contributed by atoms with Crippen LogP contribution < -0.4 is 5.56 Å². The summed E-state index contributed by atoms with van der Waals surface area (Å²) in [6.07, 6.45) is 2.37. The van der Waals surface area contributed by atoms with Gasteiger partial charge in [-0.05, 0) is 19.8 Å². The Kier molecular flexibility index (Phi) is 3.38. The fourth-order valence-corrected chi connectivity index (χ4v) is 3.08. The number of ether oxygens (including phenoxy) is 1. The Morgan fingerprint density at radius 3 is 2.82 bits per heavy atom. The third kappa shape index (κ3) is 2.44. The summed E-state index contributed by atoms with van der Waals surface area (Å²) < 4.78 is 5.46. The van der Waals surface area contributed by atoms with Gasteiger partial charge in [0.2, 0.25) is 0 Å². The van der Waals surface area contributed by atoms with Crippen molar-refractivity contribution < 1.29 is 14.3 Å². The van der Waals surface area contributed by atoms with Crippen molar-refractivity contribution in [3.8, 4) is 0 Å². The Morgan fingerprint density at radius 2 is 2.18 bits per heavy atom. The fraction of sp³-hybridized carbons (Fsp3) is 0.571. The lowest BCUT2D eigenvalue weighted by Gasteiger charge is -2.38. The van der Waals surface area contributed by atoms with E-state index in [0.717, 1.165) is 12.8 Å². The highest BCUT2D eigenvalue weighted by molar-refractivity contribution is 5.93. The van der Waals surface area contributed by atoms with Gasteiger partial charge in [0, 0.05) is 19.8 Å². The van der Waals surface area contributed by atoms with E-state index in [1.165, 1.54) is 11.1 Å². The molecule has 2 fully saturated rings. The number of aryl methyl sites for hydroxylation is 1. The highest BCUT2D eigenvalue weighted by Gasteiger charge is 2.47. The number of carbonyl (C=O) groups is 2. The number of hydrogen-bond acceptors (Lipinski definition) is 5. The van der Waals surface area contributed by atoms with Crippen molar-refractivity contribution in [2.75, 3.05) is 26.7 Å². The maximum absolute atomic E-state index is 12.5. The summed E-state index contributed by atoms with van der Waals surface area (Å²) in [7, 11) is 1.67. The smallest absolute Gasteiger partial charge is 0.410 e. The summed E-state index contributed by atoms with van der Waals surface area (Å²) >= 11 is 0. The van der Waals surface area contributed by atoms with Gasteiger partial charge in [-0.15, -0.1) is 0 Å². The zero-order valence-corrected chi connectivity index (χ0v) is 12.6. The van der Waals surface area contributed by atoms with Crippen LogP contribution in [-0.2, 0) is 4.74 Å². The van der Waals surface area contributed by atoms with Crippen LogP contribution in [0.1, 0.15) is 29.0 Å². The number of aromatic nitrogens is 2. The third-order valence-electron chi connectivity index (χ3n) is 4.12. The Hall–Kier alpha value is -2.38. The minimum absolute atomic E-state index is 0.0142. The van der Waals surface area contributed by atoms with Gasteiger partial charge in [-0.2, -0.15) is 0 Å². The zero-order chi connectivity index (χ0) is 15.9. The molecule has 1 N–H and O–H groups in total. The molecule has 22 heavy (non-hydrogen) atoms. The molecule has 0 aromatic carbocycles. The van der Waals surface area contributed by atoms with E-state index in [9.17, 15) is 14.4 Å². The van der Waals surface area contributed by atoms with Crippen molar-refractivity contribution in [2.24, 2.45) is 0 Å². The number of aromatic amines is 1. The van der Waals surface area contributed by atoms with Crippen LogP contribution in [-0.4, -0.2) is 64.1 Å². The second-order valence-corrected chi connectivity index (χ2v) is 5.95. The van der Waals surface area contributed by atoms with E-state index < -0.39 is 11.2 Å². The highest BCUT2D eigenvalue weighted by Crippen LogP contribution is 2.31. The SMILES string of the molecule is Cc1ncc(C(=O)N2CCC[C@@]3(CN(C)C(=O)O3)C2)c(=O)[nH]1. The summed E-state index contributed by atoms with van der Waals surface area (Å²) in [5, 5.41) is 0. The summed E-state index contributed by atoms with van der Waals surface area (Å²) in [6, 6.07) is 0. The molecule has 2 saturated heterocycles. The third-order valence-corrected chi connectivity index (χ3v) is 4.12. The van der Waals surface area contributed by atoms with Gasteiger partial charge >= 0.3 is 6.09 Å². The molecule has 3 heterocycles. The van der Waals surface area contributed by atoms with Crippen LogP contribution in [0.2, 0.25) is 0 Å². The summed E-state index contributed by atoms with van der Waals surface area (Å²) in [4.78, 5) is 45.6. The van der Waals surface area contributed by atoms with Gasteiger partial charge in [0.05, 0.1) is 13.1 Å². The summed E-state index contributed by atoms with van der Waals surface area (Å²) in [6.45, 7) is 2.95. The summed E-state index contributed by atoms with van der Waals surface area (Å²) in [5.41, 5.74) is -1.09. The molecule has 2 aliphatic heterocycles. The predicted octanol–water partition coefficient (Wildman–Crippen LogP) is 0.135. The largest absolute Gasteiger partial charge is 0.439 e. The van der Waals surface area contributed by atoms with Gasteiger partial charge in [0.1, 0.15) is 17.0 Å². The molecule has 3 rings (SSSR count). The molecule has 0 bridgehead atoms. The number of hydrogen-bond donors (Lipinski definition) is 1. The molecule has 1 spiro atoms. The zero-order valence-electron chi connectivity index (χ0n) is 12.6. The van der Waals surface area contributed by atoms with Crippen molar-refractivity contribution in [3.63, 3.8) is 0 Å². The van der Waals surface area contributed by atoms with Crippen LogP contribution in [0.25, 0.3) is 0 Å². The molecule has 1 aromatic heterocycles. The Morgan fingerprint density at radius 1 is 1.41 bits per heavy atom. The number of nitrogens with one attached hydrogen (secondary N) is 1. The molecular weight excluding hydrogens is 288 g/mol. The quantitative estimate of drug-likeness (QED) is 0.796. The monoisotopic (exact) mass is 306 g/mol.